The van der Waals surface area contributed by atoms with E-state index in [2.05, 4.69) is 9.97 Å². The number of hydrogen-bond acceptors (Lipinski definition) is 4. The fourth-order valence-corrected chi connectivity index (χ4v) is 3.47. The lowest BCUT2D eigenvalue weighted by atomic mass is 9.93. The Hall–Kier alpha value is -2.67. The van der Waals surface area contributed by atoms with E-state index in [-0.39, 0.29) is 12.4 Å². The lowest BCUT2D eigenvalue weighted by Gasteiger charge is -2.27. The molecule has 2 aromatic heterocycles. The highest BCUT2D eigenvalue weighted by Gasteiger charge is 2.24. The van der Waals surface area contributed by atoms with E-state index in [1.807, 2.05) is 20.8 Å². The third-order valence-corrected chi connectivity index (χ3v) is 4.51. The second-order valence-electron chi connectivity index (χ2n) is 7.94. The summed E-state index contributed by atoms with van der Waals surface area (Å²) < 4.78 is 46.5. The lowest BCUT2D eigenvalue weighted by molar-refractivity contribution is 0.134. The van der Waals surface area contributed by atoms with Gasteiger partial charge in [0.15, 0.2) is 0 Å². The molecule has 0 saturated heterocycles. The molecule has 154 valence electrons. The van der Waals surface area contributed by atoms with Crippen LogP contribution in [0, 0.1) is 11.7 Å². The first-order valence-corrected chi connectivity index (χ1v) is 9.42. The van der Waals surface area contributed by atoms with Crippen molar-refractivity contribution in [2.24, 2.45) is 11.7 Å². The molecule has 1 unspecified atom stereocenters. The maximum atomic E-state index is 13.7. The minimum Gasteiger partial charge on any atom is -0.490 e. The zero-order chi connectivity index (χ0) is 21.2. The molecule has 1 aromatic carbocycles. The van der Waals surface area contributed by atoms with E-state index < -0.39 is 23.5 Å². The highest BCUT2D eigenvalue weighted by Crippen LogP contribution is 2.33. The van der Waals surface area contributed by atoms with E-state index in [1.54, 1.807) is 18.2 Å². The molecular formula is C22H24F3N3O. The van der Waals surface area contributed by atoms with Crippen molar-refractivity contribution in [2.45, 2.75) is 39.2 Å². The fraction of sp³-hybridized carbons (Fsp3) is 0.364. The van der Waals surface area contributed by atoms with Gasteiger partial charge in [-0.3, -0.25) is 4.98 Å². The largest absolute Gasteiger partial charge is 0.490 e. The summed E-state index contributed by atoms with van der Waals surface area (Å²) in [4.78, 5) is 8.27. The number of rotatable bonds is 7. The van der Waals surface area contributed by atoms with Crippen molar-refractivity contribution in [3.05, 3.63) is 54.1 Å². The number of aromatic nitrogens is 2. The Labute approximate surface area is 167 Å². The quantitative estimate of drug-likeness (QED) is 0.565. The van der Waals surface area contributed by atoms with Gasteiger partial charge in [0.2, 0.25) is 0 Å². The van der Waals surface area contributed by atoms with Gasteiger partial charge in [0, 0.05) is 28.8 Å². The van der Waals surface area contributed by atoms with Crippen LogP contribution in [0.1, 0.15) is 39.3 Å². The number of ether oxygens (including phenoxy) is 1. The third kappa shape index (κ3) is 5.03. The van der Waals surface area contributed by atoms with Crippen LogP contribution in [0.5, 0.6) is 5.75 Å². The first-order chi connectivity index (χ1) is 13.7. The van der Waals surface area contributed by atoms with E-state index in [1.165, 1.54) is 24.4 Å². The summed E-state index contributed by atoms with van der Waals surface area (Å²) >= 11 is 0. The number of nitrogens with zero attached hydrogens (tertiary/aromatic N) is 2. The molecule has 3 aromatic rings. The van der Waals surface area contributed by atoms with E-state index in [0.717, 1.165) is 0 Å². The molecular weight excluding hydrogens is 379 g/mol. The summed E-state index contributed by atoms with van der Waals surface area (Å²) in [6, 6.07) is 8.91. The van der Waals surface area contributed by atoms with Gasteiger partial charge in [-0.1, -0.05) is 13.8 Å². The predicted molar refractivity (Wildman–Crippen MR) is 107 cm³/mol. The van der Waals surface area contributed by atoms with Crippen LogP contribution in [0.15, 0.2) is 42.6 Å². The summed E-state index contributed by atoms with van der Waals surface area (Å²) in [7, 11) is 0. The molecule has 0 bridgehead atoms. The molecule has 1 atom stereocenters. The molecule has 2 heterocycles. The summed E-state index contributed by atoms with van der Waals surface area (Å²) in [5, 5.41) is 0.627. The van der Waals surface area contributed by atoms with Crippen LogP contribution in [0.4, 0.5) is 13.2 Å². The number of pyridine rings is 2. The Bertz CT molecular complexity index is 1010. The van der Waals surface area contributed by atoms with Crippen molar-refractivity contribution in [2.75, 3.05) is 6.61 Å². The van der Waals surface area contributed by atoms with Crippen LogP contribution in [0.2, 0.25) is 0 Å². The molecule has 0 aliphatic rings. The molecule has 29 heavy (non-hydrogen) atoms. The van der Waals surface area contributed by atoms with Gasteiger partial charge in [-0.2, -0.15) is 0 Å². The minimum absolute atomic E-state index is 0.00795. The summed E-state index contributed by atoms with van der Waals surface area (Å²) in [5.41, 5.74) is 6.48. The second kappa shape index (κ2) is 8.37. The summed E-state index contributed by atoms with van der Waals surface area (Å²) in [6.45, 7) is 6.01. The highest BCUT2D eigenvalue weighted by atomic mass is 19.3. The number of benzene rings is 1. The molecule has 3 rings (SSSR count). The van der Waals surface area contributed by atoms with Crippen LogP contribution < -0.4 is 10.5 Å². The third-order valence-electron chi connectivity index (χ3n) is 4.51. The minimum atomic E-state index is -2.82. The van der Waals surface area contributed by atoms with Gasteiger partial charge in [-0.25, -0.2) is 18.2 Å². The number of nitrogens with two attached hydrogens (primary N) is 1. The van der Waals surface area contributed by atoms with Crippen molar-refractivity contribution in [1.82, 2.24) is 9.97 Å². The summed E-state index contributed by atoms with van der Waals surface area (Å²) in [5.74, 6) is -0.0552. The average Bonchev–Trinajstić information content (AvgIpc) is 2.64. The van der Waals surface area contributed by atoms with E-state index >= 15 is 0 Å². The van der Waals surface area contributed by atoms with Gasteiger partial charge < -0.3 is 10.5 Å². The van der Waals surface area contributed by atoms with Crippen LogP contribution in [0.3, 0.4) is 0 Å². The van der Waals surface area contributed by atoms with E-state index in [9.17, 15) is 13.2 Å². The van der Waals surface area contributed by atoms with E-state index in [4.69, 9.17) is 10.5 Å². The topological polar surface area (TPSA) is 61.0 Å². The van der Waals surface area contributed by atoms with Crippen molar-refractivity contribution in [3.63, 3.8) is 0 Å². The number of alkyl halides is 2. The van der Waals surface area contributed by atoms with Crippen molar-refractivity contribution in [3.8, 4) is 17.0 Å². The Balaban J connectivity index is 1.95. The van der Waals surface area contributed by atoms with Crippen LogP contribution >= 0.6 is 0 Å². The molecule has 0 amide bonds. The number of hydrogen-bond donors (Lipinski definition) is 1. The SMILES string of the molecule is CC(C)CC(C)(N)COc1ccc(-c2ccnc3cc(F)ccc23)nc1C(F)F. The molecule has 2 N–H and O–H groups in total. The Kier molecular flexibility index (Phi) is 6.07. The molecule has 7 heteroatoms. The molecule has 0 saturated carbocycles. The van der Waals surface area contributed by atoms with Crippen LogP contribution in [0.25, 0.3) is 22.2 Å². The number of fused-ring (bicyclic) bond motifs is 1. The van der Waals surface area contributed by atoms with E-state index in [0.29, 0.717) is 34.5 Å². The van der Waals surface area contributed by atoms with Gasteiger partial charge in [0.25, 0.3) is 6.43 Å². The Morgan fingerprint density at radius 1 is 1.14 bits per heavy atom. The zero-order valence-electron chi connectivity index (χ0n) is 16.6. The van der Waals surface area contributed by atoms with Crippen LogP contribution in [-0.4, -0.2) is 22.1 Å². The Morgan fingerprint density at radius 2 is 1.90 bits per heavy atom. The van der Waals surface area contributed by atoms with Crippen LogP contribution in [-0.2, 0) is 0 Å². The normalized spacial score (nSPS) is 13.8. The second-order valence-corrected chi connectivity index (χ2v) is 7.94. The zero-order valence-corrected chi connectivity index (χ0v) is 16.6. The molecule has 0 spiro atoms. The average molecular weight is 403 g/mol. The maximum absolute atomic E-state index is 13.7. The highest BCUT2D eigenvalue weighted by molar-refractivity contribution is 5.93. The molecule has 0 aliphatic carbocycles. The van der Waals surface area contributed by atoms with Gasteiger partial charge in [-0.05, 0) is 49.6 Å². The molecule has 4 nitrogen and oxygen atoms in total. The molecule has 0 aliphatic heterocycles. The first-order valence-electron chi connectivity index (χ1n) is 9.42. The maximum Gasteiger partial charge on any atom is 0.284 e. The first kappa shape index (κ1) is 21.0. The van der Waals surface area contributed by atoms with Gasteiger partial charge >= 0.3 is 0 Å². The number of halogens is 3. The fourth-order valence-electron chi connectivity index (χ4n) is 3.47. The smallest absolute Gasteiger partial charge is 0.284 e. The monoisotopic (exact) mass is 403 g/mol. The van der Waals surface area contributed by atoms with Gasteiger partial charge in [0.1, 0.15) is 23.9 Å². The van der Waals surface area contributed by atoms with Crippen molar-refractivity contribution >= 4 is 10.9 Å². The standard InChI is InChI=1S/C22H24F3N3O/c1-13(2)11-22(3,26)12-29-19-7-6-17(28-20(19)21(24)25)16-8-9-27-18-10-14(23)4-5-15(16)18/h4-10,13,21H,11-12,26H2,1-3H3. The lowest BCUT2D eigenvalue weighted by Crippen LogP contribution is -2.43. The summed E-state index contributed by atoms with van der Waals surface area (Å²) in [6.07, 6.45) is -0.622. The molecule has 0 radical (unpaired) electrons. The van der Waals surface area contributed by atoms with Gasteiger partial charge in [0.05, 0.1) is 11.2 Å². The van der Waals surface area contributed by atoms with Gasteiger partial charge in [-0.15, -0.1) is 0 Å². The van der Waals surface area contributed by atoms with Crippen molar-refractivity contribution in [1.29, 1.82) is 0 Å². The Morgan fingerprint density at radius 3 is 2.59 bits per heavy atom. The van der Waals surface area contributed by atoms with Crippen molar-refractivity contribution < 1.29 is 17.9 Å². The molecule has 0 fully saturated rings. The predicted octanol–water partition coefficient (Wildman–Crippen LogP) is 5.52.